The van der Waals surface area contributed by atoms with E-state index in [1.807, 2.05) is 13.8 Å². The molecule has 1 aromatic heterocycles. The second kappa shape index (κ2) is 19.6. The maximum Gasteiger partial charge on any atom is 0.353 e. The fraction of sp³-hybridized carbons (Fsp3) is 0.407. The van der Waals surface area contributed by atoms with E-state index in [1.165, 1.54) is 12.1 Å². The Morgan fingerprint density at radius 3 is 2.14 bits per heavy atom. The molecule has 0 aliphatic rings. The molecule has 0 bridgehead atoms. The van der Waals surface area contributed by atoms with Crippen LogP contribution in [0.15, 0.2) is 24.3 Å². The molecule has 2 rings (SSSR count). The molecular formula is C27H37F2N3O9S. The smallest absolute Gasteiger partial charge is 0.353 e. The van der Waals surface area contributed by atoms with Crippen LogP contribution in [0.4, 0.5) is 8.78 Å². The number of ether oxygens (including phenoxy) is 1. The summed E-state index contributed by atoms with van der Waals surface area (Å²) >= 11 is 1.15. The summed E-state index contributed by atoms with van der Waals surface area (Å²) in [5.74, 6) is -4.82. The molecule has 0 saturated carbocycles. The van der Waals surface area contributed by atoms with Crippen molar-refractivity contribution in [1.29, 1.82) is 5.41 Å². The first-order valence-electron chi connectivity index (χ1n) is 12.4. The van der Waals surface area contributed by atoms with Crippen molar-refractivity contribution in [1.82, 2.24) is 5.32 Å². The predicted molar refractivity (Wildman–Crippen MR) is 152 cm³/mol. The first-order valence-corrected chi connectivity index (χ1v) is 13.2. The van der Waals surface area contributed by atoms with E-state index in [0.29, 0.717) is 6.42 Å². The summed E-state index contributed by atoms with van der Waals surface area (Å²) in [6.07, 6.45) is 0.349. The molecule has 0 radical (unpaired) electrons. The third-order valence-electron chi connectivity index (χ3n) is 4.64. The minimum Gasteiger partial charge on any atom is -0.483 e. The summed E-state index contributed by atoms with van der Waals surface area (Å²) in [6.45, 7) is 9.14. The number of hydrogen-bond donors (Lipinski definition) is 6. The van der Waals surface area contributed by atoms with E-state index in [2.05, 4.69) is 5.32 Å². The van der Waals surface area contributed by atoms with Crippen LogP contribution in [-0.2, 0) is 25.6 Å². The molecule has 234 valence electrons. The summed E-state index contributed by atoms with van der Waals surface area (Å²) in [7, 11) is 0. The number of carboxylic acid groups (broad SMARTS) is 3. The molecule has 0 fully saturated rings. The third-order valence-corrected chi connectivity index (χ3v) is 5.92. The molecule has 1 atom stereocenters. The number of thiophene rings is 1. The van der Waals surface area contributed by atoms with Crippen LogP contribution in [0, 0.1) is 18.2 Å². The van der Waals surface area contributed by atoms with E-state index >= 15 is 0 Å². The number of aliphatic carboxylic acids is 2. The van der Waals surface area contributed by atoms with Crippen molar-refractivity contribution in [2.45, 2.75) is 72.5 Å². The molecule has 1 amide bonds. The molecule has 0 spiro atoms. The van der Waals surface area contributed by atoms with Gasteiger partial charge >= 0.3 is 17.9 Å². The van der Waals surface area contributed by atoms with Crippen molar-refractivity contribution < 1.29 is 52.8 Å². The number of nitrogen functional groups attached to an aromatic ring is 1. The Morgan fingerprint density at radius 1 is 1.19 bits per heavy atom. The summed E-state index contributed by atoms with van der Waals surface area (Å²) in [5.41, 5.74) is 4.19. The second-order valence-electron chi connectivity index (χ2n) is 8.61. The number of amidine groups is 1. The van der Waals surface area contributed by atoms with E-state index in [0.717, 1.165) is 41.7 Å². The fourth-order valence-electron chi connectivity index (χ4n) is 2.66. The monoisotopic (exact) mass is 617 g/mol. The number of nitrogens with two attached hydrogens (primary N) is 1. The molecule has 7 N–H and O–H groups in total. The Hall–Kier alpha value is -4.40. The normalized spacial score (nSPS) is 10.6. The average Bonchev–Trinajstić information content (AvgIpc) is 3.25. The van der Waals surface area contributed by atoms with E-state index in [-0.39, 0.29) is 47.2 Å². The molecular weight excluding hydrogens is 580 g/mol. The molecule has 1 heterocycles. The number of benzene rings is 1. The van der Waals surface area contributed by atoms with Crippen molar-refractivity contribution in [3.63, 3.8) is 0 Å². The zero-order chi connectivity index (χ0) is 33.2. The molecule has 0 aliphatic heterocycles. The highest BCUT2D eigenvalue weighted by atomic mass is 32.1. The Kier molecular flexibility index (Phi) is 18.6. The number of rotatable bonds is 10. The van der Waals surface area contributed by atoms with Gasteiger partial charge in [-0.25, -0.2) is 18.4 Å². The predicted octanol–water partition coefficient (Wildman–Crippen LogP) is 4.16. The minimum absolute atomic E-state index is 0.140. The van der Waals surface area contributed by atoms with Crippen LogP contribution in [-0.4, -0.2) is 63.2 Å². The lowest BCUT2D eigenvalue weighted by Gasteiger charge is -2.11. The number of esters is 1. The van der Waals surface area contributed by atoms with Crippen molar-refractivity contribution in [2.24, 2.45) is 5.73 Å². The van der Waals surface area contributed by atoms with E-state index in [9.17, 15) is 28.0 Å². The maximum absolute atomic E-state index is 14.1. The van der Waals surface area contributed by atoms with Gasteiger partial charge in [-0.05, 0) is 63.9 Å². The summed E-state index contributed by atoms with van der Waals surface area (Å²) in [4.78, 5) is 54.0. The third kappa shape index (κ3) is 16.0. The number of aryl methyl sites for hydroxylation is 2. The van der Waals surface area contributed by atoms with Crippen molar-refractivity contribution in [3.05, 3.63) is 51.0 Å². The zero-order valence-corrected chi connectivity index (χ0v) is 24.9. The van der Waals surface area contributed by atoms with Crippen molar-refractivity contribution in [3.8, 4) is 5.75 Å². The van der Waals surface area contributed by atoms with Gasteiger partial charge in [0.2, 0.25) is 11.6 Å². The standard InChI is InChI=1S/C20H22FN3O5S.C4H7FO2.C2H6.CH2O2/c1-10-7-16(20(28)29-14-4-3-12(19(22)23)9-13(14)21)30-15(10)5-6-17(25)24-11(2)8-18(26)27;1-4(2,5)3(6)7;1-2;2-1-3/h3-4,7,9,11H,5-6,8H2,1-2H3,(H3,22,23)(H,24,25)(H,26,27);1-2H3,(H,6,7);1-2H3;1H,(H,2,3). The van der Waals surface area contributed by atoms with Gasteiger partial charge in [-0.3, -0.25) is 19.8 Å². The van der Waals surface area contributed by atoms with Crippen LogP contribution in [0.5, 0.6) is 5.75 Å². The lowest BCUT2D eigenvalue weighted by Crippen LogP contribution is -2.34. The van der Waals surface area contributed by atoms with Gasteiger partial charge in [0, 0.05) is 22.9 Å². The van der Waals surface area contributed by atoms with Gasteiger partial charge in [0.15, 0.2) is 11.6 Å². The molecule has 0 aliphatic carbocycles. The van der Waals surface area contributed by atoms with Gasteiger partial charge in [-0.2, -0.15) is 0 Å². The van der Waals surface area contributed by atoms with Crippen molar-refractivity contribution >= 4 is 47.5 Å². The molecule has 12 nitrogen and oxygen atoms in total. The van der Waals surface area contributed by atoms with E-state index < -0.39 is 35.4 Å². The highest BCUT2D eigenvalue weighted by molar-refractivity contribution is 7.14. The lowest BCUT2D eigenvalue weighted by atomic mass is 10.1. The van der Waals surface area contributed by atoms with E-state index in [1.54, 1.807) is 19.9 Å². The highest BCUT2D eigenvalue weighted by Gasteiger charge is 2.25. The summed E-state index contributed by atoms with van der Waals surface area (Å²) in [6, 6.07) is 4.75. The summed E-state index contributed by atoms with van der Waals surface area (Å²) in [5, 5.41) is 33.4. The Labute approximate surface area is 246 Å². The van der Waals surface area contributed by atoms with Gasteiger partial charge in [-0.1, -0.05) is 13.8 Å². The number of amides is 1. The number of nitrogens with one attached hydrogen (secondary N) is 2. The Balaban J connectivity index is 0. The van der Waals surface area contributed by atoms with Crippen LogP contribution >= 0.6 is 11.3 Å². The van der Waals surface area contributed by atoms with Crippen LogP contribution in [0.1, 0.15) is 73.1 Å². The van der Waals surface area contributed by atoms with Crippen LogP contribution in [0.2, 0.25) is 0 Å². The number of carboxylic acids is 2. The number of carbonyl (C=O) groups excluding carboxylic acids is 2. The van der Waals surface area contributed by atoms with Gasteiger partial charge in [0.1, 0.15) is 10.7 Å². The number of halogens is 2. The molecule has 2 aromatic rings. The molecule has 0 saturated heterocycles. The second-order valence-corrected chi connectivity index (χ2v) is 9.75. The number of alkyl halides is 1. The van der Waals surface area contributed by atoms with Gasteiger partial charge < -0.3 is 31.1 Å². The molecule has 1 aromatic carbocycles. The van der Waals surface area contributed by atoms with Crippen LogP contribution < -0.4 is 15.8 Å². The molecule has 1 unspecified atom stereocenters. The van der Waals surface area contributed by atoms with Gasteiger partial charge in [-0.15, -0.1) is 11.3 Å². The SMILES string of the molecule is CC.CC(C)(F)C(=O)O.Cc1cc(C(=O)Oc2ccc(C(=N)N)cc2F)sc1CCC(=O)NC(C)CC(=O)O.O=CO. The summed E-state index contributed by atoms with van der Waals surface area (Å²) < 4.78 is 31.1. The molecule has 42 heavy (non-hydrogen) atoms. The first-order chi connectivity index (χ1) is 19.4. The largest absolute Gasteiger partial charge is 0.483 e. The maximum atomic E-state index is 14.1. The number of carbonyl (C=O) groups is 5. The first kappa shape index (κ1) is 39.7. The van der Waals surface area contributed by atoms with E-state index in [4.69, 9.17) is 36.0 Å². The highest BCUT2D eigenvalue weighted by Crippen LogP contribution is 2.26. The Bertz CT molecular complexity index is 1230. The lowest BCUT2D eigenvalue weighted by molar-refractivity contribution is -0.148. The van der Waals surface area contributed by atoms with Crippen molar-refractivity contribution in [2.75, 3.05) is 0 Å². The Morgan fingerprint density at radius 2 is 1.71 bits per heavy atom. The topological polar surface area (TPSA) is 217 Å². The van der Waals surface area contributed by atoms with Crippen LogP contribution in [0.3, 0.4) is 0 Å². The fourth-order valence-corrected chi connectivity index (χ4v) is 3.71. The number of hydrogen-bond acceptors (Lipinski definition) is 8. The van der Waals surface area contributed by atoms with Gasteiger partial charge in [0.05, 0.1) is 6.42 Å². The quantitative estimate of drug-likeness (QED) is 0.0735. The zero-order valence-electron chi connectivity index (χ0n) is 24.1. The van der Waals surface area contributed by atoms with Gasteiger partial charge in [0.25, 0.3) is 6.47 Å². The average molecular weight is 618 g/mol. The molecule has 15 heteroatoms. The minimum atomic E-state index is -2.08. The van der Waals surface area contributed by atoms with Crippen LogP contribution in [0.25, 0.3) is 0 Å².